The summed E-state index contributed by atoms with van der Waals surface area (Å²) < 4.78 is -3.77. The van der Waals surface area contributed by atoms with Gasteiger partial charge in [-0.2, -0.15) is 0 Å². The molecule has 95 valence electrons. The third kappa shape index (κ3) is 3.90. The van der Waals surface area contributed by atoms with Gasteiger partial charge in [0.05, 0.1) is 15.1 Å². The molecule has 0 saturated carbocycles. The van der Waals surface area contributed by atoms with Gasteiger partial charge in [0.1, 0.15) is 0 Å². The molecule has 0 aliphatic carbocycles. The average Bonchev–Trinajstić information content (AvgIpc) is 2.07. The lowest BCUT2D eigenvalue weighted by molar-refractivity contribution is 1.17. The molecular formula is C8Cl9. The van der Waals surface area contributed by atoms with Crippen molar-refractivity contribution in [3.63, 3.8) is 0 Å². The third-order valence-electron chi connectivity index (χ3n) is 1.65. The molecule has 1 aromatic rings. The van der Waals surface area contributed by atoms with E-state index in [1.807, 2.05) is 0 Å². The lowest BCUT2D eigenvalue weighted by Gasteiger charge is -2.21. The Hall–Kier alpha value is 1.83. The van der Waals surface area contributed by atoms with Crippen molar-refractivity contribution in [2.45, 2.75) is 7.59 Å². The molecule has 0 heterocycles. The van der Waals surface area contributed by atoms with Crippen molar-refractivity contribution in [1.82, 2.24) is 0 Å². The van der Waals surface area contributed by atoms with Crippen molar-refractivity contribution in [3.05, 3.63) is 32.3 Å². The lowest BCUT2D eigenvalue weighted by Crippen LogP contribution is -2.09. The zero-order valence-electron chi connectivity index (χ0n) is 7.40. The number of hydrogen-bond acceptors (Lipinski definition) is 0. The van der Waals surface area contributed by atoms with E-state index in [1.165, 1.54) is 0 Å². The molecule has 0 spiro atoms. The molecule has 0 atom stereocenters. The zero-order chi connectivity index (χ0) is 13.6. The first-order chi connectivity index (χ1) is 7.46. The maximum Gasteiger partial charge on any atom is 0.218 e. The second-order valence-corrected chi connectivity index (χ2v) is 8.51. The van der Waals surface area contributed by atoms with Crippen LogP contribution in [0.1, 0.15) is 11.1 Å². The second kappa shape index (κ2) is 5.68. The smallest absolute Gasteiger partial charge is 0.0833 e. The molecule has 17 heavy (non-hydrogen) atoms. The maximum absolute atomic E-state index is 5.97. The van der Waals surface area contributed by atoms with E-state index in [0.717, 1.165) is 0 Å². The summed E-state index contributed by atoms with van der Waals surface area (Å²) in [6, 6.07) is 2.53. The Balaban J connectivity index is 3.67. The molecule has 9 heteroatoms. The first-order valence-corrected chi connectivity index (χ1v) is 7.10. The second-order valence-electron chi connectivity index (χ2n) is 2.81. The van der Waals surface area contributed by atoms with E-state index >= 15 is 0 Å². The van der Waals surface area contributed by atoms with Gasteiger partial charge < -0.3 is 0 Å². The summed E-state index contributed by atoms with van der Waals surface area (Å²) in [6.07, 6.45) is 0. The van der Waals surface area contributed by atoms with Crippen LogP contribution in [0.25, 0.3) is 0 Å². The highest BCUT2D eigenvalue weighted by Crippen LogP contribution is 2.52. The standard InChI is InChI=1S/C8Cl9/c9-3-1-2(7(12,13)14)5(10)4(6(3)11)8(15,16)17. The highest BCUT2D eigenvalue weighted by Gasteiger charge is 2.36. The largest absolute Gasteiger partial charge is 0.218 e. The van der Waals surface area contributed by atoms with E-state index in [1.54, 1.807) is 0 Å². The molecule has 0 aliphatic heterocycles. The summed E-state index contributed by atoms with van der Waals surface area (Å²) >= 11 is 51.9. The predicted molar refractivity (Wildman–Crippen MR) is 78.8 cm³/mol. The average molecular weight is 415 g/mol. The van der Waals surface area contributed by atoms with Crippen molar-refractivity contribution in [2.75, 3.05) is 0 Å². The Morgan fingerprint density at radius 3 is 1.53 bits per heavy atom. The molecule has 0 N–H and O–H groups in total. The summed E-state index contributed by atoms with van der Waals surface area (Å²) in [7, 11) is 0. The van der Waals surface area contributed by atoms with Crippen molar-refractivity contribution in [2.24, 2.45) is 0 Å². The van der Waals surface area contributed by atoms with Gasteiger partial charge in [-0.15, -0.1) is 0 Å². The number of alkyl halides is 6. The quantitative estimate of drug-likeness (QED) is 0.313. The van der Waals surface area contributed by atoms with Crippen LogP contribution in [0.3, 0.4) is 0 Å². The SMILES string of the molecule is Clc1[c]c(C(Cl)(Cl)Cl)c(Cl)c(C(Cl)(Cl)Cl)c1Cl. The Labute approximate surface area is 143 Å². The first kappa shape index (κ1) is 16.9. The van der Waals surface area contributed by atoms with Crippen molar-refractivity contribution < 1.29 is 0 Å². The lowest BCUT2D eigenvalue weighted by atomic mass is 10.1. The summed E-state index contributed by atoms with van der Waals surface area (Å²) in [4.78, 5) is 0. The molecule has 0 unspecified atom stereocenters. The van der Waals surface area contributed by atoms with Crippen LogP contribution in [0.15, 0.2) is 0 Å². The van der Waals surface area contributed by atoms with Crippen molar-refractivity contribution >= 4 is 104 Å². The van der Waals surface area contributed by atoms with Gasteiger partial charge in [0, 0.05) is 17.2 Å². The van der Waals surface area contributed by atoms with Crippen LogP contribution in [-0.2, 0) is 7.59 Å². The molecule has 0 amide bonds. The van der Waals surface area contributed by atoms with E-state index in [9.17, 15) is 0 Å². The molecule has 1 radical (unpaired) electrons. The van der Waals surface area contributed by atoms with Gasteiger partial charge >= 0.3 is 0 Å². The number of hydrogen-bond donors (Lipinski definition) is 0. The minimum Gasteiger partial charge on any atom is -0.0833 e. The van der Waals surface area contributed by atoms with Crippen LogP contribution in [-0.4, -0.2) is 0 Å². The van der Waals surface area contributed by atoms with E-state index in [-0.39, 0.29) is 26.2 Å². The summed E-state index contributed by atoms with van der Waals surface area (Å²) in [6.45, 7) is 0. The van der Waals surface area contributed by atoms with Gasteiger partial charge in [-0.3, -0.25) is 0 Å². The van der Waals surface area contributed by atoms with Crippen LogP contribution in [0.5, 0.6) is 0 Å². The van der Waals surface area contributed by atoms with Crippen LogP contribution >= 0.6 is 104 Å². The summed E-state index contributed by atoms with van der Waals surface area (Å²) in [5, 5.41) is -0.229. The van der Waals surface area contributed by atoms with Gasteiger partial charge in [-0.1, -0.05) is 104 Å². The predicted octanol–water partition coefficient (Wildman–Crippen LogP) is 7.10. The Morgan fingerprint density at radius 1 is 0.706 bits per heavy atom. The minimum absolute atomic E-state index is 0.0418. The Bertz CT molecular complexity index is 440. The number of benzene rings is 1. The van der Waals surface area contributed by atoms with E-state index < -0.39 is 7.59 Å². The Morgan fingerprint density at radius 2 is 1.18 bits per heavy atom. The highest BCUT2D eigenvalue weighted by molar-refractivity contribution is 6.69. The molecule has 0 nitrogen and oxygen atoms in total. The highest BCUT2D eigenvalue weighted by atomic mass is 35.6. The zero-order valence-corrected chi connectivity index (χ0v) is 14.2. The topological polar surface area (TPSA) is 0 Å². The molecular weight excluding hydrogens is 415 g/mol. The fraction of sp³-hybridized carbons (Fsp3) is 0.250. The maximum atomic E-state index is 5.97. The minimum atomic E-state index is -1.91. The van der Waals surface area contributed by atoms with Gasteiger partial charge in [0.2, 0.25) is 7.59 Å². The van der Waals surface area contributed by atoms with Crippen LogP contribution in [0, 0.1) is 6.07 Å². The van der Waals surface area contributed by atoms with E-state index in [4.69, 9.17) is 104 Å². The van der Waals surface area contributed by atoms with Crippen LogP contribution in [0.4, 0.5) is 0 Å². The Kier molecular flexibility index (Phi) is 5.64. The molecule has 0 aromatic heterocycles. The molecule has 0 fully saturated rings. The van der Waals surface area contributed by atoms with Crippen molar-refractivity contribution in [1.29, 1.82) is 0 Å². The number of halogens is 9. The van der Waals surface area contributed by atoms with Gasteiger partial charge in [-0.05, 0) is 0 Å². The third-order valence-corrected chi connectivity index (χ3v) is 3.92. The normalized spacial score (nSPS) is 13.0. The molecule has 0 bridgehead atoms. The van der Waals surface area contributed by atoms with Gasteiger partial charge in [0.25, 0.3) is 0 Å². The van der Waals surface area contributed by atoms with Crippen molar-refractivity contribution in [3.8, 4) is 0 Å². The molecule has 0 aliphatic rings. The fourth-order valence-electron chi connectivity index (χ4n) is 0.995. The molecule has 0 saturated heterocycles. The van der Waals surface area contributed by atoms with E-state index in [2.05, 4.69) is 6.07 Å². The van der Waals surface area contributed by atoms with Gasteiger partial charge in [-0.25, -0.2) is 0 Å². The first-order valence-electron chi connectivity index (χ1n) is 3.70. The summed E-state index contributed by atoms with van der Waals surface area (Å²) in [5.41, 5.74) is -0.101. The molecule has 1 aromatic carbocycles. The monoisotopic (exact) mass is 411 g/mol. The van der Waals surface area contributed by atoms with Crippen LogP contribution in [0.2, 0.25) is 15.1 Å². The fourth-order valence-corrected chi connectivity index (χ4v) is 3.37. The number of rotatable bonds is 0. The summed E-state index contributed by atoms with van der Waals surface area (Å²) in [5.74, 6) is 0. The van der Waals surface area contributed by atoms with E-state index in [0.29, 0.717) is 0 Å². The van der Waals surface area contributed by atoms with Gasteiger partial charge in [0.15, 0.2) is 0 Å². The van der Waals surface area contributed by atoms with Crippen LogP contribution < -0.4 is 0 Å². The molecule has 1 rings (SSSR count).